The predicted octanol–water partition coefficient (Wildman–Crippen LogP) is 1.88. The van der Waals surface area contributed by atoms with Gasteiger partial charge in [0, 0.05) is 18.8 Å². The molecule has 0 bridgehead atoms. The lowest BCUT2D eigenvalue weighted by molar-refractivity contribution is -0.132. The van der Waals surface area contributed by atoms with Crippen molar-refractivity contribution in [3.05, 3.63) is 0 Å². The van der Waals surface area contributed by atoms with Gasteiger partial charge < -0.3 is 4.90 Å². The second-order valence-electron chi connectivity index (χ2n) is 4.11. The summed E-state index contributed by atoms with van der Waals surface area (Å²) >= 11 is 7.07. The molecule has 0 aliphatic carbocycles. The van der Waals surface area contributed by atoms with Crippen molar-refractivity contribution < 1.29 is 9.18 Å². The van der Waals surface area contributed by atoms with E-state index in [2.05, 4.69) is 0 Å². The van der Waals surface area contributed by atoms with Gasteiger partial charge in [0.1, 0.15) is 0 Å². The van der Waals surface area contributed by atoms with Gasteiger partial charge in [0.05, 0.1) is 0 Å². The lowest BCUT2D eigenvalue weighted by Gasteiger charge is -2.22. The molecular formula is C9H13ClFNOS. The van der Waals surface area contributed by atoms with Gasteiger partial charge in [-0.05, 0) is 24.0 Å². The smallest absolute Gasteiger partial charge is 0.272 e. The first-order valence-electron chi connectivity index (χ1n) is 4.78. The van der Waals surface area contributed by atoms with E-state index in [1.807, 2.05) is 11.8 Å². The highest BCUT2D eigenvalue weighted by Crippen LogP contribution is 2.43. The van der Waals surface area contributed by atoms with Crippen molar-refractivity contribution in [2.24, 2.45) is 5.41 Å². The van der Waals surface area contributed by atoms with Crippen LogP contribution in [0.3, 0.4) is 0 Å². The third-order valence-corrected chi connectivity index (χ3v) is 4.62. The number of halogens is 2. The Balaban J connectivity index is 1.97. The third kappa shape index (κ3) is 1.87. The van der Waals surface area contributed by atoms with Crippen molar-refractivity contribution in [2.45, 2.75) is 18.5 Å². The lowest BCUT2D eigenvalue weighted by atomic mass is 9.87. The van der Waals surface area contributed by atoms with Crippen LogP contribution in [0.1, 0.15) is 12.8 Å². The van der Waals surface area contributed by atoms with E-state index in [-0.39, 0.29) is 5.41 Å². The topological polar surface area (TPSA) is 20.3 Å². The molecule has 0 radical (unpaired) electrons. The van der Waals surface area contributed by atoms with Crippen molar-refractivity contribution >= 4 is 29.3 Å². The van der Waals surface area contributed by atoms with Gasteiger partial charge in [-0.3, -0.25) is 4.79 Å². The Kier molecular flexibility index (Phi) is 2.93. The number of alkyl halides is 2. The average Bonchev–Trinajstić information content (AvgIpc) is 2.76. The molecule has 2 fully saturated rings. The zero-order chi connectivity index (χ0) is 10.2. The molecule has 14 heavy (non-hydrogen) atoms. The van der Waals surface area contributed by atoms with Crippen LogP contribution in [-0.2, 0) is 4.79 Å². The third-order valence-electron chi connectivity index (χ3n) is 3.12. The summed E-state index contributed by atoms with van der Waals surface area (Å²) in [6.45, 7) is 1.37. The number of hydrogen-bond acceptors (Lipinski definition) is 2. The van der Waals surface area contributed by atoms with Crippen LogP contribution in [0.25, 0.3) is 0 Å². The molecule has 2 aliphatic rings. The van der Waals surface area contributed by atoms with Gasteiger partial charge in [-0.1, -0.05) is 11.6 Å². The number of hydrogen-bond donors (Lipinski definition) is 0. The van der Waals surface area contributed by atoms with Crippen LogP contribution in [0, 0.1) is 5.41 Å². The lowest BCUT2D eigenvalue weighted by Crippen LogP contribution is -2.35. The minimum atomic E-state index is -1.86. The highest BCUT2D eigenvalue weighted by atomic mass is 35.5. The van der Waals surface area contributed by atoms with E-state index in [0.29, 0.717) is 13.1 Å². The maximum Gasteiger partial charge on any atom is 0.272 e. The summed E-state index contributed by atoms with van der Waals surface area (Å²) in [5.41, 5.74) is -1.59. The summed E-state index contributed by atoms with van der Waals surface area (Å²) in [6, 6.07) is 0. The number of amides is 1. The fraction of sp³-hybridized carbons (Fsp3) is 0.889. The molecule has 1 amide bonds. The first kappa shape index (κ1) is 10.6. The Morgan fingerprint density at radius 2 is 2.36 bits per heavy atom. The van der Waals surface area contributed by atoms with E-state index in [1.54, 1.807) is 4.90 Å². The molecule has 5 heteroatoms. The predicted molar refractivity (Wildman–Crippen MR) is 56.3 cm³/mol. The van der Waals surface area contributed by atoms with E-state index in [0.717, 1.165) is 18.6 Å². The first-order valence-corrected chi connectivity index (χ1v) is 6.37. The molecule has 0 aromatic heterocycles. The van der Waals surface area contributed by atoms with Crippen LogP contribution in [0.4, 0.5) is 4.39 Å². The number of carbonyl (C=O) groups excluding carboxylic acids is 1. The van der Waals surface area contributed by atoms with Crippen molar-refractivity contribution in [2.75, 3.05) is 24.6 Å². The Bertz CT molecular complexity index is 243. The summed E-state index contributed by atoms with van der Waals surface area (Å²) in [4.78, 5) is 12.9. The van der Waals surface area contributed by atoms with E-state index in [4.69, 9.17) is 11.6 Å². The largest absolute Gasteiger partial charge is 0.338 e. The van der Waals surface area contributed by atoms with E-state index in [1.165, 1.54) is 5.75 Å². The zero-order valence-electron chi connectivity index (χ0n) is 7.84. The number of rotatable bonds is 1. The second-order valence-corrected chi connectivity index (χ2v) is 5.60. The summed E-state index contributed by atoms with van der Waals surface area (Å²) < 4.78 is 12.6. The van der Waals surface area contributed by atoms with Crippen LogP contribution in [-0.4, -0.2) is 41.0 Å². The molecule has 2 atom stereocenters. The molecule has 2 aliphatic heterocycles. The molecule has 2 unspecified atom stereocenters. The van der Waals surface area contributed by atoms with Crippen molar-refractivity contribution in [1.29, 1.82) is 0 Å². The standard InChI is InChI=1S/C9H13ClFNOS/c10-7(11)8(13)12-3-1-9(5-12)2-4-14-6-9/h7H,1-6H2. The number of carbonyl (C=O) groups is 1. The molecule has 0 aromatic carbocycles. The molecule has 2 heterocycles. The highest BCUT2D eigenvalue weighted by molar-refractivity contribution is 7.99. The van der Waals surface area contributed by atoms with Crippen LogP contribution in [0.2, 0.25) is 0 Å². The monoisotopic (exact) mass is 237 g/mol. The molecule has 0 aromatic rings. The minimum Gasteiger partial charge on any atom is -0.338 e. The van der Waals surface area contributed by atoms with Crippen LogP contribution in [0.5, 0.6) is 0 Å². The Morgan fingerprint density at radius 3 is 2.93 bits per heavy atom. The van der Waals surface area contributed by atoms with E-state index < -0.39 is 11.5 Å². The van der Waals surface area contributed by atoms with Crippen molar-refractivity contribution in [3.63, 3.8) is 0 Å². The Labute approximate surface area is 92.2 Å². The number of thioether (sulfide) groups is 1. The summed E-state index contributed by atoms with van der Waals surface area (Å²) in [5, 5.41) is 0. The minimum absolute atomic E-state index is 0.270. The van der Waals surface area contributed by atoms with Crippen molar-refractivity contribution in [3.8, 4) is 0 Å². The van der Waals surface area contributed by atoms with Gasteiger partial charge in [-0.15, -0.1) is 0 Å². The summed E-state index contributed by atoms with van der Waals surface area (Å²) in [6.07, 6.45) is 2.16. The summed E-state index contributed by atoms with van der Waals surface area (Å²) in [7, 11) is 0. The molecule has 2 rings (SSSR count). The molecule has 0 N–H and O–H groups in total. The van der Waals surface area contributed by atoms with E-state index >= 15 is 0 Å². The fourth-order valence-electron chi connectivity index (χ4n) is 2.23. The number of likely N-dealkylation sites (tertiary alicyclic amines) is 1. The normalized spacial score (nSPS) is 34.0. The Morgan fingerprint density at radius 1 is 1.57 bits per heavy atom. The molecule has 2 saturated heterocycles. The summed E-state index contributed by atoms with van der Waals surface area (Å²) in [5.74, 6) is 1.72. The second kappa shape index (κ2) is 3.89. The van der Waals surface area contributed by atoms with Gasteiger partial charge in [0.2, 0.25) is 0 Å². The maximum atomic E-state index is 12.6. The zero-order valence-corrected chi connectivity index (χ0v) is 9.41. The molecule has 0 saturated carbocycles. The quantitative estimate of drug-likeness (QED) is 0.649. The fourth-order valence-corrected chi connectivity index (χ4v) is 3.91. The molecule has 80 valence electrons. The van der Waals surface area contributed by atoms with Crippen molar-refractivity contribution in [1.82, 2.24) is 4.90 Å². The maximum absolute atomic E-state index is 12.6. The molecular weight excluding hydrogens is 225 g/mol. The van der Waals surface area contributed by atoms with Gasteiger partial charge >= 0.3 is 0 Å². The number of nitrogens with zero attached hydrogens (tertiary/aromatic N) is 1. The van der Waals surface area contributed by atoms with E-state index in [9.17, 15) is 9.18 Å². The highest BCUT2D eigenvalue weighted by Gasteiger charge is 2.43. The van der Waals surface area contributed by atoms with Crippen LogP contribution >= 0.6 is 23.4 Å². The average molecular weight is 238 g/mol. The van der Waals surface area contributed by atoms with Gasteiger partial charge in [-0.2, -0.15) is 11.8 Å². The first-order chi connectivity index (χ1) is 6.63. The SMILES string of the molecule is O=C(C(F)Cl)N1CCC2(CCSC2)C1. The van der Waals surface area contributed by atoms with Crippen LogP contribution < -0.4 is 0 Å². The van der Waals surface area contributed by atoms with Crippen LogP contribution in [0.15, 0.2) is 0 Å². The van der Waals surface area contributed by atoms with Gasteiger partial charge in [0.15, 0.2) is 0 Å². The Hall–Kier alpha value is 0.0400. The molecule has 2 nitrogen and oxygen atoms in total. The van der Waals surface area contributed by atoms with Gasteiger partial charge in [-0.25, -0.2) is 4.39 Å². The van der Waals surface area contributed by atoms with Gasteiger partial charge in [0.25, 0.3) is 11.5 Å². The molecule has 1 spiro atoms.